The van der Waals surface area contributed by atoms with Crippen LogP contribution in [0.4, 0.5) is 0 Å². The molecule has 1 heterocycles. The second-order valence-corrected chi connectivity index (χ2v) is 4.81. The highest BCUT2D eigenvalue weighted by atomic mass is 16.5. The molecule has 2 N–H and O–H groups in total. The summed E-state index contributed by atoms with van der Waals surface area (Å²) >= 11 is 0. The molecule has 1 aromatic heterocycles. The maximum Gasteiger partial charge on any atom is 0.134 e. The van der Waals surface area contributed by atoms with E-state index in [2.05, 4.69) is 0 Å². The molecule has 3 nitrogen and oxygen atoms in total. The Balaban J connectivity index is 2.13. The molecule has 0 saturated carbocycles. The highest BCUT2D eigenvalue weighted by Crippen LogP contribution is 2.34. The topological polar surface area (TPSA) is 48.4 Å². The number of para-hydroxylation sites is 2. The van der Waals surface area contributed by atoms with Crippen LogP contribution in [0.1, 0.15) is 22.9 Å². The standard InChI is InChI=1S/C17H17NO2/c1-11-12-7-3-6-10-15(12)20-17(11)16(18)13-8-4-5-9-14(13)19-2/h3-10,16H,18H2,1-2H3. The summed E-state index contributed by atoms with van der Waals surface area (Å²) in [5.41, 5.74) is 9.26. The second-order valence-electron chi connectivity index (χ2n) is 4.81. The van der Waals surface area contributed by atoms with Gasteiger partial charge in [0.2, 0.25) is 0 Å². The molecular formula is C17H17NO2. The molecule has 0 amide bonds. The quantitative estimate of drug-likeness (QED) is 0.785. The van der Waals surface area contributed by atoms with Crippen molar-refractivity contribution in [2.75, 3.05) is 7.11 Å². The average molecular weight is 267 g/mol. The van der Waals surface area contributed by atoms with Gasteiger partial charge in [-0.1, -0.05) is 36.4 Å². The van der Waals surface area contributed by atoms with Crippen molar-refractivity contribution in [3.05, 3.63) is 65.4 Å². The molecule has 0 aliphatic carbocycles. The molecule has 3 rings (SSSR count). The fourth-order valence-corrected chi connectivity index (χ4v) is 2.55. The molecule has 0 fully saturated rings. The van der Waals surface area contributed by atoms with Crippen molar-refractivity contribution in [1.82, 2.24) is 0 Å². The Kier molecular flexibility index (Phi) is 3.20. The van der Waals surface area contributed by atoms with Crippen LogP contribution in [0, 0.1) is 6.92 Å². The van der Waals surface area contributed by atoms with E-state index < -0.39 is 0 Å². The van der Waals surface area contributed by atoms with Crippen LogP contribution in [0.15, 0.2) is 52.9 Å². The van der Waals surface area contributed by atoms with Gasteiger partial charge in [-0.05, 0) is 19.1 Å². The van der Waals surface area contributed by atoms with Crippen LogP contribution < -0.4 is 10.5 Å². The lowest BCUT2D eigenvalue weighted by atomic mass is 10.0. The Bertz CT molecular complexity index is 746. The van der Waals surface area contributed by atoms with E-state index in [1.807, 2.05) is 55.5 Å². The van der Waals surface area contributed by atoms with Crippen LogP contribution >= 0.6 is 0 Å². The summed E-state index contributed by atoms with van der Waals surface area (Å²) < 4.78 is 11.3. The van der Waals surface area contributed by atoms with Gasteiger partial charge in [-0.3, -0.25) is 0 Å². The third kappa shape index (κ3) is 1.96. The third-order valence-electron chi connectivity index (χ3n) is 3.64. The Morgan fingerprint density at radius 3 is 2.50 bits per heavy atom. The normalized spacial score (nSPS) is 12.6. The zero-order valence-electron chi connectivity index (χ0n) is 11.6. The Labute approximate surface area is 118 Å². The van der Waals surface area contributed by atoms with Gasteiger partial charge < -0.3 is 14.9 Å². The number of aryl methyl sites for hydroxylation is 1. The minimum atomic E-state index is -0.335. The largest absolute Gasteiger partial charge is 0.496 e. The molecule has 3 aromatic rings. The van der Waals surface area contributed by atoms with Gasteiger partial charge in [0.1, 0.15) is 17.1 Å². The summed E-state index contributed by atoms with van der Waals surface area (Å²) in [5, 5.41) is 1.10. The van der Waals surface area contributed by atoms with Crippen LogP contribution in [0.3, 0.4) is 0 Å². The van der Waals surface area contributed by atoms with Crippen molar-refractivity contribution in [2.24, 2.45) is 5.73 Å². The summed E-state index contributed by atoms with van der Waals surface area (Å²) in [6, 6.07) is 15.4. The third-order valence-corrected chi connectivity index (χ3v) is 3.64. The van der Waals surface area contributed by atoms with Crippen LogP contribution in [0.5, 0.6) is 5.75 Å². The van der Waals surface area contributed by atoms with Crippen molar-refractivity contribution in [2.45, 2.75) is 13.0 Å². The Hall–Kier alpha value is -2.26. The molecule has 0 radical (unpaired) electrons. The highest BCUT2D eigenvalue weighted by Gasteiger charge is 2.20. The summed E-state index contributed by atoms with van der Waals surface area (Å²) in [5.74, 6) is 1.57. The van der Waals surface area contributed by atoms with E-state index in [0.717, 1.165) is 33.6 Å². The van der Waals surface area contributed by atoms with Gasteiger partial charge >= 0.3 is 0 Å². The number of fused-ring (bicyclic) bond motifs is 1. The first kappa shape index (κ1) is 12.8. The van der Waals surface area contributed by atoms with E-state index >= 15 is 0 Å². The SMILES string of the molecule is COc1ccccc1C(N)c1oc2ccccc2c1C. The summed E-state index contributed by atoms with van der Waals surface area (Å²) in [4.78, 5) is 0. The van der Waals surface area contributed by atoms with Crippen LogP contribution in [-0.4, -0.2) is 7.11 Å². The maximum atomic E-state index is 6.38. The van der Waals surface area contributed by atoms with Gasteiger partial charge in [0.25, 0.3) is 0 Å². The molecule has 0 bridgehead atoms. The molecule has 20 heavy (non-hydrogen) atoms. The summed E-state index contributed by atoms with van der Waals surface area (Å²) in [6.45, 7) is 2.04. The number of furan rings is 1. The first-order chi connectivity index (χ1) is 9.72. The summed E-state index contributed by atoms with van der Waals surface area (Å²) in [7, 11) is 1.65. The lowest BCUT2D eigenvalue weighted by molar-refractivity contribution is 0.404. The van der Waals surface area contributed by atoms with Gasteiger partial charge in [0, 0.05) is 16.5 Å². The predicted molar refractivity (Wildman–Crippen MR) is 80.0 cm³/mol. The van der Waals surface area contributed by atoms with E-state index in [-0.39, 0.29) is 6.04 Å². The molecule has 0 aliphatic rings. The fraction of sp³-hybridized carbons (Fsp3) is 0.176. The van der Waals surface area contributed by atoms with Gasteiger partial charge in [-0.15, -0.1) is 0 Å². The molecule has 1 atom stereocenters. The lowest BCUT2D eigenvalue weighted by Gasteiger charge is -2.14. The number of hydrogen-bond acceptors (Lipinski definition) is 3. The van der Waals surface area contributed by atoms with Crippen molar-refractivity contribution < 1.29 is 9.15 Å². The minimum Gasteiger partial charge on any atom is -0.496 e. The lowest BCUT2D eigenvalue weighted by Crippen LogP contribution is -2.13. The van der Waals surface area contributed by atoms with Gasteiger partial charge in [-0.2, -0.15) is 0 Å². The van der Waals surface area contributed by atoms with E-state index in [4.69, 9.17) is 14.9 Å². The Morgan fingerprint density at radius 1 is 1.05 bits per heavy atom. The zero-order valence-corrected chi connectivity index (χ0v) is 11.6. The first-order valence-electron chi connectivity index (χ1n) is 6.59. The van der Waals surface area contributed by atoms with Crippen LogP contribution in [0.2, 0.25) is 0 Å². The number of rotatable bonds is 3. The van der Waals surface area contributed by atoms with E-state index in [1.54, 1.807) is 7.11 Å². The van der Waals surface area contributed by atoms with Gasteiger partial charge in [0.05, 0.1) is 13.2 Å². The fourth-order valence-electron chi connectivity index (χ4n) is 2.55. The van der Waals surface area contributed by atoms with Crippen molar-refractivity contribution in [3.8, 4) is 5.75 Å². The Morgan fingerprint density at radius 2 is 1.75 bits per heavy atom. The van der Waals surface area contributed by atoms with Gasteiger partial charge in [-0.25, -0.2) is 0 Å². The molecule has 1 unspecified atom stereocenters. The minimum absolute atomic E-state index is 0.335. The molecule has 3 heteroatoms. The second kappa shape index (κ2) is 5.02. The van der Waals surface area contributed by atoms with Crippen molar-refractivity contribution in [3.63, 3.8) is 0 Å². The van der Waals surface area contributed by atoms with E-state index in [9.17, 15) is 0 Å². The maximum absolute atomic E-state index is 6.38. The van der Waals surface area contributed by atoms with E-state index in [1.165, 1.54) is 0 Å². The molecular weight excluding hydrogens is 250 g/mol. The van der Waals surface area contributed by atoms with E-state index in [0.29, 0.717) is 0 Å². The monoisotopic (exact) mass is 267 g/mol. The zero-order chi connectivity index (χ0) is 14.1. The highest BCUT2D eigenvalue weighted by molar-refractivity contribution is 5.82. The van der Waals surface area contributed by atoms with Crippen LogP contribution in [0.25, 0.3) is 11.0 Å². The predicted octanol–water partition coefficient (Wildman–Crippen LogP) is 3.80. The van der Waals surface area contributed by atoms with Crippen molar-refractivity contribution in [1.29, 1.82) is 0 Å². The van der Waals surface area contributed by atoms with Crippen LogP contribution in [-0.2, 0) is 0 Å². The molecule has 0 spiro atoms. The number of nitrogens with two attached hydrogens (primary N) is 1. The number of hydrogen-bond donors (Lipinski definition) is 1. The first-order valence-corrected chi connectivity index (χ1v) is 6.59. The number of methoxy groups -OCH3 is 1. The summed E-state index contributed by atoms with van der Waals surface area (Å²) in [6.07, 6.45) is 0. The molecule has 2 aromatic carbocycles. The molecule has 102 valence electrons. The average Bonchev–Trinajstić information content (AvgIpc) is 2.84. The molecule has 0 saturated heterocycles. The smallest absolute Gasteiger partial charge is 0.134 e. The number of ether oxygens (including phenoxy) is 1. The van der Waals surface area contributed by atoms with Gasteiger partial charge in [0.15, 0.2) is 0 Å². The van der Waals surface area contributed by atoms with Crippen molar-refractivity contribution >= 4 is 11.0 Å². The number of benzene rings is 2. The molecule has 0 aliphatic heterocycles.